The summed E-state index contributed by atoms with van der Waals surface area (Å²) in [5, 5.41) is 10.6. The molecule has 0 radical (unpaired) electrons. The first-order chi connectivity index (χ1) is 15.3. The minimum atomic E-state index is -0.310. The Morgan fingerprint density at radius 1 is 0.839 bits per heavy atom. The van der Waals surface area contributed by atoms with Crippen LogP contribution in [-0.2, 0) is 0 Å². The van der Waals surface area contributed by atoms with Gasteiger partial charge in [-0.1, -0.05) is 24.3 Å². The van der Waals surface area contributed by atoms with E-state index in [0.29, 0.717) is 22.5 Å². The van der Waals surface area contributed by atoms with Gasteiger partial charge in [-0.2, -0.15) is 5.10 Å². The van der Waals surface area contributed by atoms with Gasteiger partial charge in [-0.25, -0.2) is 0 Å². The molecule has 150 valence electrons. The van der Waals surface area contributed by atoms with Gasteiger partial charge in [0.1, 0.15) is 11.5 Å². The first kappa shape index (κ1) is 18.5. The quantitative estimate of drug-likeness (QED) is 0.425. The minimum absolute atomic E-state index is 0.310. The average molecular weight is 407 g/mol. The monoisotopic (exact) mass is 407 g/mol. The number of benzene rings is 2. The van der Waals surface area contributed by atoms with Crippen LogP contribution in [0.3, 0.4) is 0 Å². The van der Waals surface area contributed by atoms with Crippen LogP contribution in [0.15, 0.2) is 91.5 Å². The van der Waals surface area contributed by atoms with Gasteiger partial charge >= 0.3 is 0 Å². The van der Waals surface area contributed by atoms with E-state index in [-0.39, 0.29) is 5.91 Å². The van der Waals surface area contributed by atoms with Crippen molar-refractivity contribution in [2.24, 2.45) is 0 Å². The number of hydrogen-bond acceptors (Lipinski definition) is 5. The van der Waals surface area contributed by atoms with Crippen molar-refractivity contribution >= 4 is 22.5 Å². The van der Waals surface area contributed by atoms with Crippen molar-refractivity contribution in [3.05, 3.63) is 97.2 Å². The molecule has 3 heterocycles. The number of anilines is 1. The molecule has 7 nitrogen and oxygen atoms in total. The van der Waals surface area contributed by atoms with Gasteiger partial charge in [0, 0.05) is 23.3 Å². The van der Waals surface area contributed by atoms with Crippen LogP contribution in [0.5, 0.6) is 11.5 Å². The summed E-state index contributed by atoms with van der Waals surface area (Å²) < 4.78 is 5.89. The molecular formula is C24H17N5O2. The van der Waals surface area contributed by atoms with Crippen molar-refractivity contribution in [1.29, 1.82) is 0 Å². The molecule has 2 N–H and O–H groups in total. The Hall–Kier alpha value is -4.52. The number of hydrogen-bond donors (Lipinski definition) is 2. The molecule has 31 heavy (non-hydrogen) atoms. The van der Waals surface area contributed by atoms with Gasteiger partial charge in [-0.3, -0.25) is 19.9 Å². The second-order valence-corrected chi connectivity index (χ2v) is 6.85. The van der Waals surface area contributed by atoms with Crippen molar-refractivity contribution in [2.45, 2.75) is 0 Å². The number of fused-ring (bicyclic) bond motifs is 1. The van der Waals surface area contributed by atoms with Gasteiger partial charge in [0.25, 0.3) is 5.91 Å². The highest BCUT2D eigenvalue weighted by molar-refractivity contribution is 6.11. The third kappa shape index (κ3) is 3.97. The van der Waals surface area contributed by atoms with Crippen molar-refractivity contribution in [1.82, 2.24) is 20.2 Å². The number of carbonyl (C=O) groups excluding carboxylic acids is 1. The maximum Gasteiger partial charge on any atom is 0.276 e. The molecule has 0 spiro atoms. The molecule has 1 amide bonds. The van der Waals surface area contributed by atoms with Crippen molar-refractivity contribution in [3.63, 3.8) is 0 Å². The lowest BCUT2D eigenvalue weighted by molar-refractivity contribution is 0.102. The molecule has 5 aromatic rings. The Morgan fingerprint density at radius 2 is 1.74 bits per heavy atom. The molecule has 0 unspecified atom stereocenters. The molecule has 0 saturated carbocycles. The molecule has 0 atom stereocenters. The highest BCUT2D eigenvalue weighted by Gasteiger charge is 2.15. The zero-order valence-corrected chi connectivity index (χ0v) is 16.3. The molecule has 2 aromatic carbocycles. The molecular weight excluding hydrogens is 390 g/mol. The summed E-state index contributed by atoms with van der Waals surface area (Å²) in [7, 11) is 0. The molecule has 0 fully saturated rings. The second kappa shape index (κ2) is 8.08. The lowest BCUT2D eigenvalue weighted by atomic mass is 10.0. The van der Waals surface area contributed by atoms with E-state index >= 15 is 0 Å². The zero-order valence-electron chi connectivity index (χ0n) is 16.3. The summed E-state index contributed by atoms with van der Waals surface area (Å²) in [6.45, 7) is 0. The smallest absolute Gasteiger partial charge is 0.276 e. The van der Waals surface area contributed by atoms with Gasteiger partial charge < -0.3 is 10.1 Å². The Morgan fingerprint density at radius 3 is 2.58 bits per heavy atom. The Balaban J connectivity index is 1.45. The fourth-order valence-electron chi connectivity index (χ4n) is 3.25. The Labute approximate surface area is 177 Å². The van der Waals surface area contributed by atoms with E-state index in [9.17, 15) is 4.79 Å². The SMILES string of the molecule is O=C(Nc1cccnc1)c1n[nH]c2ccc(-c3cncc(Oc4ccccc4)c3)cc12. The number of para-hydroxylation sites is 1. The number of aromatic nitrogens is 4. The summed E-state index contributed by atoms with van der Waals surface area (Å²) in [6, 6.07) is 20.7. The number of amides is 1. The maximum atomic E-state index is 12.7. The third-order valence-corrected chi connectivity index (χ3v) is 4.72. The first-order valence-electron chi connectivity index (χ1n) is 9.64. The first-order valence-corrected chi connectivity index (χ1v) is 9.64. The van der Waals surface area contributed by atoms with Gasteiger partial charge in [-0.15, -0.1) is 0 Å². The predicted octanol–water partition coefficient (Wildman–Crippen LogP) is 5.06. The molecule has 0 saturated heterocycles. The number of nitrogens with one attached hydrogen (secondary N) is 2. The number of H-pyrrole nitrogens is 1. The third-order valence-electron chi connectivity index (χ3n) is 4.72. The van der Waals surface area contributed by atoms with Gasteiger partial charge in [0.15, 0.2) is 5.69 Å². The summed E-state index contributed by atoms with van der Waals surface area (Å²) in [5.74, 6) is 1.06. The fourth-order valence-corrected chi connectivity index (χ4v) is 3.25. The standard InChI is InChI=1S/C24H17N5O2/c30-24(27-18-5-4-10-25-14-18)23-21-12-16(8-9-22(21)28-29-23)17-11-20(15-26-13-17)31-19-6-2-1-3-7-19/h1-15H,(H,27,30)(H,28,29). The number of pyridine rings is 2. The lowest BCUT2D eigenvalue weighted by Gasteiger charge is -2.08. The molecule has 0 aliphatic heterocycles. The van der Waals surface area contributed by atoms with E-state index in [4.69, 9.17) is 4.74 Å². The lowest BCUT2D eigenvalue weighted by Crippen LogP contribution is -2.12. The number of carbonyl (C=O) groups is 1. The van der Waals surface area contributed by atoms with Crippen molar-refractivity contribution < 1.29 is 9.53 Å². The molecule has 7 heteroatoms. The van der Waals surface area contributed by atoms with Crippen LogP contribution >= 0.6 is 0 Å². The van der Waals surface area contributed by atoms with Gasteiger partial charge in [0.05, 0.1) is 23.6 Å². The van der Waals surface area contributed by atoms with Crippen molar-refractivity contribution in [2.75, 3.05) is 5.32 Å². The molecule has 0 aliphatic rings. The van der Waals surface area contributed by atoms with E-state index in [2.05, 4.69) is 25.5 Å². The predicted molar refractivity (Wildman–Crippen MR) is 118 cm³/mol. The zero-order chi connectivity index (χ0) is 21.0. The van der Waals surface area contributed by atoms with Crippen molar-refractivity contribution in [3.8, 4) is 22.6 Å². The van der Waals surface area contributed by atoms with Crippen LogP contribution in [0.1, 0.15) is 10.5 Å². The second-order valence-electron chi connectivity index (χ2n) is 6.85. The number of aromatic amines is 1. The van der Waals surface area contributed by atoms with Crippen LogP contribution in [0.25, 0.3) is 22.0 Å². The molecule has 3 aromatic heterocycles. The van der Waals surface area contributed by atoms with E-state index in [1.807, 2.05) is 54.6 Å². The van der Waals surface area contributed by atoms with E-state index in [1.54, 1.807) is 36.9 Å². The van der Waals surface area contributed by atoms with E-state index < -0.39 is 0 Å². The summed E-state index contributed by atoms with van der Waals surface area (Å²) in [4.78, 5) is 21.1. The highest BCUT2D eigenvalue weighted by atomic mass is 16.5. The topological polar surface area (TPSA) is 92.8 Å². The largest absolute Gasteiger partial charge is 0.456 e. The summed E-state index contributed by atoms with van der Waals surface area (Å²) in [5.41, 5.74) is 3.45. The van der Waals surface area contributed by atoms with Crippen LogP contribution in [0.2, 0.25) is 0 Å². The van der Waals surface area contributed by atoms with E-state index in [1.165, 1.54) is 0 Å². The normalized spacial score (nSPS) is 10.7. The molecule has 0 bridgehead atoms. The van der Waals surface area contributed by atoms with Crippen LogP contribution in [-0.4, -0.2) is 26.1 Å². The van der Waals surface area contributed by atoms with E-state index in [0.717, 1.165) is 22.4 Å². The maximum absolute atomic E-state index is 12.7. The Kier molecular flexibility index (Phi) is 4.82. The Bertz CT molecular complexity index is 1350. The number of nitrogens with zero attached hydrogens (tertiary/aromatic N) is 3. The average Bonchev–Trinajstić information content (AvgIpc) is 3.24. The molecule has 0 aliphatic carbocycles. The summed E-state index contributed by atoms with van der Waals surface area (Å²) in [6.07, 6.45) is 6.66. The number of rotatable bonds is 5. The summed E-state index contributed by atoms with van der Waals surface area (Å²) >= 11 is 0. The van der Waals surface area contributed by atoms with Gasteiger partial charge in [-0.05, 0) is 48.0 Å². The number of ether oxygens (including phenoxy) is 1. The molecule has 5 rings (SSSR count). The van der Waals surface area contributed by atoms with Crippen LogP contribution in [0, 0.1) is 0 Å². The van der Waals surface area contributed by atoms with Gasteiger partial charge in [0.2, 0.25) is 0 Å². The fraction of sp³-hybridized carbons (Fsp3) is 0. The minimum Gasteiger partial charge on any atom is -0.456 e. The van der Waals surface area contributed by atoms with Crippen LogP contribution in [0.4, 0.5) is 5.69 Å². The highest BCUT2D eigenvalue weighted by Crippen LogP contribution is 2.29. The van der Waals surface area contributed by atoms with Crippen LogP contribution < -0.4 is 10.1 Å².